The van der Waals surface area contributed by atoms with Crippen molar-refractivity contribution < 1.29 is 4.74 Å². The summed E-state index contributed by atoms with van der Waals surface area (Å²) in [6, 6.07) is 4.07. The number of benzene rings is 1. The normalized spacial score (nSPS) is 12.7. The Hall–Kier alpha value is -1.21. The third kappa shape index (κ3) is 3.17. The number of ether oxygens (including phenoxy) is 1. The molecule has 5 N–H and O–H groups in total. The van der Waals surface area contributed by atoms with Gasteiger partial charge in [-0.1, -0.05) is 27.7 Å². The number of halogens is 1. The summed E-state index contributed by atoms with van der Waals surface area (Å²) in [5.74, 6) is 1.45. The Balaban J connectivity index is 2.11. The summed E-state index contributed by atoms with van der Waals surface area (Å²) in [5.41, 5.74) is 12.7. The first-order chi connectivity index (χ1) is 8.56. The van der Waals surface area contributed by atoms with Crippen LogP contribution in [0.1, 0.15) is 11.1 Å². The molecule has 0 spiro atoms. The molecule has 0 aromatic heterocycles. The van der Waals surface area contributed by atoms with Gasteiger partial charge in [0.2, 0.25) is 0 Å². The molecule has 1 aromatic rings. The Bertz CT molecular complexity index is 514. The maximum absolute atomic E-state index is 7.58. The van der Waals surface area contributed by atoms with E-state index in [2.05, 4.69) is 27.0 Å². The van der Waals surface area contributed by atoms with E-state index in [1.807, 2.05) is 6.07 Å². The van der Waals surface area contributed by atoms with E-state index in [-0.39, 0.29) is 11.1 Å². The smallest absolute Gasteiger partial charge is 0.193 e. The van der Waals surface area contributed by atoms with Crippen molar-refractivity contribution in [3.8, 4) is 5.75 Å². The van der Waals surface area contributed by atoms with Crippen molar-refractivity contribution in [3.05, 3.63) is 27.7 Å². The van der Waals surface area contributed by atoms with Crippen LogP contribution in [0.5, 0.6) is 5.75 Å². The standard InChI is InChI=1S/C11H13BrN4OS/c12-8-3-6-1-2-17-9(6)7(4-8)5-18-11(15)16-10(13)14/h3-4H,1-2,5H2,(H5,13,14,15,16). The summed E-state index contributed by atoms with van der Waals surface area (Å²) in [7, 11) is 0. The lowest BCUT2D eigenvalue weighted by molar-refractivity contribution is 0.354. The van der Waals surface area contributed by atoms with Crippen molar-refractivity contribution in [1.29, 1.82) is 5.41 Å². The molecule has 0 saturated heterocycles. The average molecular weight is 329 g/mol. The van der Waals surface area contributed by atoms with Crippen LogP contribution in [0.4, 0.5) is 0 Å². The van der Waals surface area contributed by atoms with Gasteiger partial charge < -0.3 is 16.2 Å². The monoisotopic (exact) mass is 328 g/mol. The molecule has 0 saturated carbocycles. The van der Waals surface area contributed by atoms with Gasteiger partial charge in [-0.15, -0.1) is 0 Å². The van der Waals surface area contributed by atoms with Crippen LogP contribution in [-0.4, -0.2) is 17.7 Å². The second-order valence-electron chi connectivity index (χ2n) is 3.78. The Morgan fingerprint density at radius 1 is 1.50 bits per heavy atom. The number of hydrogen-bond acceptors (Lipinski definition) is 3. The number of amidine groups is 1. The molecule has 0 bridgehead atoms. The molecule has 1 aromatic carbocycles. The predicted octanol–water partition coefficient (Wildman–Crippen LogP) is 1.83. The maximum atomic E-state index is 7.58. The third-order valence-electron chi connectivity index (χ3n) is 2.42. The van der Waals surface area contributed by atoms with Crippen molar-refractivity contribution in [1.82, 2.24) is 0 Å². The van der Waals surface area contributed by atoms with E-state index in [1.165, 1.54) is 17.3 Å². The quantitative estimate of drug-likeness (QED) is 0.569. The second-order valence-corrected chi connectivity index (χ2v) is 5.66. The van der Waals surface area contributed by atoms with Gasteiger partial charge in [-0.2, -0.15) is 4.99 Å². The fourth-order valence-electron chi connectivity index (χ4n) is 1.75. The molecule has 18 heavy (non-hydrogen) atoms. The van der Waals surface area contributed by atoms with Crippen LogP contribution in [0.15, 0.2) is 21.6 Å². The first-order valence-electron chi connectivity index (χ1n) is 5.31. The molecule has 2 rings (SSSR count). The van der Waals surface area contributed by atoms with E-state index in [0.717, 1.165) is 28.8 Å². The number of nitrogens with two attached hydrogens (primary N) is 2. The SMILES string of the molecule is N=C(N=C(N)N)SCc1cc(Br)cc2c1OCC2. The topological polar surface area (TPSA) is 97.5 Å². The minimum Gasteiger partial charge on any atom is -0.493 e. The van der Waals surface area contributed by atoms with Gasteiger partial charge in [-0.05, 0) is 17.7 Å². The van der Waals surface area contributed by atoms with Gasteiger partial charge in [0.05, 0.1) is 6.61 Å². The number of hydrogen-bond donors (Lipinski definition) is 3. The zero-order valence-corrected chi connectivity index (χ0v) is 12.0. The van der Waals surface area contributed by atoms with E-state index in [9.17, 15) is 0 Å². The molecule has 0 amide bonds. The number of guanidine groups is 1. The van der Waals surface area contributed by atoms with Gasteiger partial charge in [-0.25, -0.2) is 0 Å². The molecule has 0 atom stereocenters. The van der Waals surface area contributed by atoms with E-state index in [0.29, 0.717) is 5.75 Å². The highest BCUT2D eigenvalue weighted by molar-refractivity contribution is 9.10. The molecule has 7 heteroatoms. The highest BCUT2D eigenvalue weighted by Gasteiger charge is 2.17. The minimum absolute atomic E-state index is 0.0942. The highest BCUT2D eigenvalue weighted by Crippen LogP contribution is 2.35. The molecular formula is C11H13BrN4OS. The molecule has 0 radical (unpaired) electrons. The van der Waals surface area contributed by atoms with Crippen molar-refractivity contribution in [3.63, 3.8) is 0 Å². The van der Waals surface area contributed by atoms with E-state index in [1.54, 1.807) is 0 Å². The number of nitrogens with one attached hydrogen (secondary N) is 1. The van der Waals surface area contributed by atoms with Crippen LogP contribution in [0.25, 0.3) is 0 Å². The zero-order valence-electron chi connectivity index (χ0n) is 9.57. The van der Waals surface area contributed by atoms with Crippen molar-refractivity contribution in [2.24, 2.45) is 16.5 Å². The molecular weight excluding hydrogens is 316 g/mol. The summed E-state index contributed by atoms with van der Waals surface area (Å²) in [6.45, 7) is 0.717. The van der Waals surface area contributed by atoms with Gasteiger partial charge in [-0.3, -0.25) is 5.41 Å². The third-order valence-corrected chi connectivity index (χ3v) is 3.70. The zero-order chi connectivity index (χ0) is 13.1. The van der Waals surface area contributed by atoms with Crippen LogP contribution in [-0.2, 0) is 12.2 Å². The lowest BCUT2D eigenvalue weighted by Crippen LogP contribution is -2.23. The maximum Gasteiger partial charge on any atom is 0.193 e. The Kier molecular flexibility index (Phi) is 4.13. The minimum atomic E-state index is -0.0942. The predicted molar refractivity (Wildman–Crippen MR) is 78.2 cm³/mol. The Morgan fingerprint density at radius 2 is 2.28 bits per heavy atom. The van der Waals surface area contributed by atoms with Crippen LogP contribution < -0.4 is 16.2 Å². The Labute approximate surface area is 118 Å². The van der Waals surface area contributed by atoms with Crippen molar-refractivity contribution >= 4 is 38.8 Å². The lowest BCUT2D eigenvalue weighted by Gasteiger charge is -2.08. The van der Waals surface area contributed by atoms with Gasteiger partial charge in [0, 0.05) is 22.2 Å². The van der Waals surface area contributed by atoms with Gasteiger partial charge in [0.15, 0.2) is 11.1 Å². The molecule has 96 valence electrons. The molecule has 1 aliphatic heterocycles. The van der Waals surface area contributed by atoms with Crippen molar-refractivity contribution in [2.75, 3.05) is 6.61 Å². The summed E-state index contributed by atoms with van der Waals surface area (Å²) < 4.78 is 6.63. The van der Waals surface area contributed by atoms with Crippen LogP contribution in [0.3, 0.4) is 0 Å². The number of fused-ring (bicyclic) bond motifs is 1. The fraction of sp³-hybridized carbons (Fsp3) is 0.273. The molecule has 5 nitrogen and oxygen atoms in total. The lowest BCUT2D eigenvalue weighted by atomic mass is 10.1. The molecule has 0 fully saturated rings. The molecule has 1 aliphatic rings. The number of thioether (sulfide) groups is 1. The van der Waals surface area contributed by atoms with E-state index < -0.39 is 0 Å². The fourth-order valence-corrected chi connectivity index (χ4v) is 2.98. The Morgan fingerprint density at radius 3 is 3.00 bits per heavy atom. The van der Waals surface area contributed by atoms with E-state index >= 15 is 0 Å². The van der Waals surface area contributed by atoms with Gasteiger partial charge in [0.1, 0.15) is 5.75 Å². The highest BCUT2D eigenvalue weighted by atomic mass is 79.9. The number of rotatable bonds is 2. The summed E-state index contributed by atoms with van der Waals surface area (Å²) in [6.07, 6.45) is 0.928. The average Bonchev–Trinajstić information content (AvgIpc) is 2.72. The largest absolute Gasteiger partial charge is 0.493 e. The van der Waals surface area contributed by atoms with Crippen molar-refractivity contribution in [2.45, 2.75) is 12.2 Å². The van der Waals surface area contributed by atoms with Crippen LogP contribution in [0, 0.1) is 5.41 Å². The van der Waals surface area contributed by atoms with E-state index in [4.69, 9.17) is 21.6 Å². The number of aliphatic imine (C=N–C) groups is 1. The molecule has 0 aliphatic carbocycles. The second kappa shape index (κ2) is 5.62. The first-order valence-corrected chi connectivity index (χ1v) is 7.09. The van der Waals surface area contributed by atoms with Gasteiger partial charge >= 0.3 is 0 Å². The van der Waals surface area contributed by atoms with Gasteiger partial charge in [0.25, 0.3) is 0 Å². The summed E-state index contributed by atoms with van der Waals surface area (Å²) in [5, 5.41) is 7.68. The summed E-state index contributed by atoms with van der Waals surface area (Å²) in [4.78, 5) is 3.67. The van der Waals surface area contributed by atoms with Crippen LogP contribution >= 0.6 is 27.7 Å². The molecule has 1 heterocycles. The first kappa shape index (κ1) is 13.2. The number of nitrogens with zero attached hydrogens (tertiary/aromatic N) is 1. The van der Waals surface area contributed by atoms with Crippen LogP contribution in [0.2, 0.25) is 0 Å². The summed E-state index contributed by atoms with van der Waals surface area (Å²) >= 11 is 4.74. The molecule has 0 unspecified atom stereocenters.